The lowest BCUT2D eigenvalue weighted by Gasteiger charge is -2.06. The third-order valence-corrected chi connectivity index (χ3v) is 3.08. The maximum absolute atomic E-state index is 11.8. The van der Waals surface area contributed by atoms with Gasteiger partial charge in [0.15, 0.2) is 11.6 Å². The molecule has 0 bridgehead atoms. The number of benzene rings is 1. The predicted octanol–water partition coefficient (Wildman–Crippen LogP) is 2.67. The molecule has 0 unspecified atom stereocenters. The van der Waals surface area contributed by atoms with E-state index in [4.69, 9.17) is 33.3 Å². The molecule has 2 N–H and O–H groups in total. The number of diazo groups is 1. The maximum atomic E-state index is 11.8. The summed E-state index contributed by atoms with van der Waals surface area (Å²) in [5, 5.41) is 21.4. The summed E-state index contributed by atoms with van der Waals surface area (Å²) in [5.41, 5.74) is -0.704. The lowest BCUT2D eigenvalue weighted by molar-refractivity contribution is -0.143. The molecule has 10 heteroatoms. The van der Waals surface area contributed by atoms with Crippen LogP contribution in [-0.2, 0) is 14.3 Å². The standard InChI is InChI=1S/C14H13Cl2N3O5/c1-2-23-12(21)6-18-14(22)13(19-17)10(20)7-24-11-4-3-8(15)5-9(11)16/h3-5H,2,6-7H2,1H3,(H-,18,20,22)/p+1. The fourth-order valence-electron chi connectivity index (χ4n) is 1.49. The van der Waals surface area contributed by atoms with Gasteiger partial charge in [-0.25, -0.2) is 0 Å². The van der Waals surface area contributed by atoms with Crippen molar-refractivity contribution < 1.29 is 24.2 Å². The third kappa shape index (κ3) is 5.95. The summed E-state index contributed by atoms with van der Waals surface area (Å²) in [6.45, 7) is 0.832. The number of aliphatic hydroxyl groups is 1. The summed E-state index contributed by atoms with van der Waals surface area (Å²) in [5.74, 6) is -2.11. The fraction of sp³-hybridized carbons (Fsp3) is 0.286. The molecule has 8 nitrogen and oxygen atoms in total. The minimum atomic E-state index is -0.978. The topological polar surface area (TPSA) is 113 Å². The Labute approximate surface area is 147 Å². The summed E-state index contributed by atoms with van der Waals surface area (Å²) >= 11 is 11.6. The second kappa shape index (κ2) is 9.60. The Morgan fingerprint density at radius 1 is 1.38 bits per heavy atom. The monoisotopic (exact) mass is 374 g/mol. The molecule has 1 rings (SSSR count). The normalized spacial score (nSPS) is 11.1. The number of carbonyl (C=O) groups excluding carboxylic acids is 2. The highest BCUT2D eigenvalue weighted by molar-refractivity contribution is 6.35. The van der Waals surface area contributed by atoms with Crippen LogP contribution in [0.2, 0.25) is 10.0 Å². The van der Waals surface area contributed by atoms with E-state index < -0.39 is 36.5 Å². The van der Waals surface area contributed by atoms with Gasteiger partial charge >= 0.3 is 17.6 Å². The van der Waals surface area contributed by atoms with Crippen LogP contribution in [-0.4, -0.2) is 36.7 Å². The predicted molar refractivity (Wildman–Crippen MR) is 86.3 cm³/mol. The first kappa shape index (κ1) is 19.5. The number of aliphatic hydroxyl groups excluding tert-OH is 1. The first-order valence-electron chi connectivity index (χ1n) is 6.67. The van der Waals surface area contributed by atoms with E-state index in [2.05, 4.69) is 15.0 Å². The van der Waals surface area contributed by atoms with E-state index in [1.807, 2.05) is 0 Å². The molecule has 0 aromatic heterocycles. The molecule has 0 saturated carbocycles. The number of rotatable bonds is 7. The lowest BCUT2D eigenvalue weighted by atomic mass is 10.3. The van der Waals surface area contributed by atoms with Gasteiger partial charge in [0.25, 0.3) is 0 Å². The van der Waals surface area contributed by atoms with Crippen molar-refractivity contribution in [3.63, 3.8) is 0 Å². The highest BCUT2D eigenvalue weighted by Crippen LogP contribution is 2.27. The second-order valence-electron chi connectivity index (χ2n) is 4.25. The zero-order valence-corrected chi connectivity index (χ0v) is 14.1. The largest absolute Gasteiger partial charge is 0.502 e. The summed E-state index contributed by atoms with van der Waals surface area (Å²) in [4.78, 5) is 25.6. The molecule has 1 amide bonds. The third-order valence-electron chi connectivity index (χ3n) is 2.55. The highest BCUT2D eigenvalue weighted by atomic mass is 35.5. The molecule has 0 aliphatic carbocycles. The molecular formula is C14H14Cl2N3O5+. The van der Waals surface area contributed by atoms with Crippen molar-refractivity contribution >= 4 is 35.1 Å². The first-order chi connectivity index (χ1) is 11.4. The van der Waals surface area contributed by atoms with E-state index in [1.54, 1.807) is 6.92 Å². The van der Waals surface area contributed by atoms with Crippen molar-refractivity contribution in [2.24, 2.45) is 0 Å². The number of amides is 1. The Hall–Kier alpha value is -2.50. The van der Waals surface area contributed by atoms with Gasteiger partial charge in [0.2, 0.25) is 11.2 Å². The van der Waals surface area contributed by atoms with Gasteiger partial charge in [-0.2, -0.15) is 0 Å². The molecule has 0 atom stereocenters. The SMILES string of the molecule is CCOC(=O)CNC(=O)/C([N+]#N)=C(\O)COc1ccc(Cl)cc1Cl. The van der Waals surface area contributed by atoms with Crippen molar-refractivity contribution in [3.8, 4) is 5.75 Å². The Morgan fingerprint density at radius 3 is 2.67 bits per heavy atom. The van der Waals surface area contributed by atoms with Crippen LogP contribution >= 0.6 is 23.2 Å². The maximum Gasteiger partial charge on any atom is 0.488 e. The molecule has 128 valence electrons. The molecular weight excluding hydrogens is 361 g/mol. The van der Waals surface area contributed by atoms with E-state index in [0.717, 1.165) is 0 Å². The fourth-order valence-corrected chi connectivity index (χ4v) is 1.95. The zero-order valence-electron chi connectivity index (χ0n) is 12.6. The summed E-state index contributed by atoms with van der Waals surface area (Å²) in [7, 11) is 0. The number of esters is 1. The Morgan fingerprint density at radius 2 is 2.08 bits per heavy atom. The van der Waals surface area contributed by atoms with Crippen molar-refractivity contribution in [3.05, 3.63) is 44.7 Å². The molecule has 1 aromatic carbocycles. The molecule has 0 heterocycles. The van der Waals surface area contributed by atoms with Crippen molar-refractivity contribution in [2.45, 2.75) is 6.92 Å². The molecule has 0 aliphatic heterocycles. The molecule has 24 heavy (non-hydrogen) atoms. The summed E-state index contributed by atoms with van der Waals surface area (Å²) in [6, 6.07) is 4.42. The van der Waals surface area contributed by atoms with Crippen LogP contribution in [0.1, 0.15) is 6.92 Å². The van der Waals surface area contributed by atoms with E-state index in [1.165, 1.54) is 18.2 Å². The van der Waals surface area contributed by atoms with Crippen LogP contribution in [0.25, 0.3) is 4.98 Å². The number of halogens is 2. The van der Waals surface area contributed by atoms with Crippen molar-refractivity contribution in [2.75, 3.05) is 19.8 Å². The molecule has 0 spiro atoms. The van der Waals surface area contributed by atoms with E-state index >= 15 is 0 Å². The zero-order chi connectivity index (χ0) is 18.1. The van der Waals surface area contributed by atoms with Crippen molar-refractivity contribution in [1.82, 2.24) is 5.32 Å². The molecule has 1 aromatic rings. The van der Waals surface area contributed by atoms with Crippen LogP contribution in [0.5, 0.6) is 5.75 Å². The molecule has 0 fully saturated rings. The smallest absolute Gasteiger partial charge is 0.488 e. The molecule has 0 radical (unpaired) electrons. The number of hydrogen-bond donors (Lipinski definition) is 2. The van der Waals surface area contributed by atoms with Gasteiger partial charge in [-0.1, -0.05) is 23.2 Å². The second-order valence-corrected chi connectivity index (χ2v) is 5.09. The van der Waals surface area contributed by atoms with Crippen LogP contribution in [0.4, 0.5) is 0 Å². The number of carbonyl (C=O) groups is 2. The van der Waals surface area contributed by atoms with Gasteiger partial charge in [0.1, 0.15) is 12.3 Å². The van der Waals surface area contributed by atoms with Gasteiger partial charge in [-0.05, 0) is 25.1 Å². The van der Waals surface area contributed by atoms with Crippen LogP contribution in [0.15, 0.2) is 29.7 Å². The van der Waals surface area contributed by atoms with Gasteiger partial charge < -0.3 is 19.9 Å². The van der Waals surface area contributed by atoms with Crippen LogP contribution in [0, 0.1) is 5.39 Å². The number of nitrogens with zero attached hydrogens (tertiary/aromatic N) is 2. The summed E-state index contributed by atoms with van der Waals surface area (Å²) in [6.07, 6.45) is 0. The minimum absolute atomic E-state index is 0.155. The first-order valence-corrected chi connectivity index (χ1v) is 7.43. The van der Waals surface area contributed by atoms with E-state index in [0.29, 0.717) is 5.02 Å². The van der Waals surface area contributed by atoms with Gasteiger partial charge in [-0.3, -0.25) is 9.59 Å². The number of ether oxygens (including phenoxy) is 2. The van der Waals surface area contributed by atoms with Crippen molar-refractivity contribution in [1.29, 1.82) is 5.39 Å². The summed E-state index contributed by atoms with van der Waals surface area (Å²) < 4.78 is 9.83. The van der Waals surface area contributed by atoms with Crippen LogP contribution < -0.4 is 10.1 Å². The Kier molecular flexibility index (Phi) is 7.82. The minimum Gasteiger partial charge on any atom is -0.502 e. The Bertz CT molecular complexity index is 700. The Balaban J connectivity index is 2.71. The van der Waals surface area contributed by atoms with Gasteiger partial charge in [-0.15, -0.1) is 0 Å². The molecule has 0 saturated heterocycles. The average Bonchev–Trinajstić information content (AvgIpc) is 2.53. The van der Waals surface area contributed by atoms with E-state index in [9.17, 15) is 14.7 Å². The van der Waals surface area contributed by atoms with Gasteiger partial charge in [0.05, 0.1) is 11.6 Å². The average molecular weight is 375 g/mol. The number of hydrogen-bond acceptors (Lipinski definition) is 6. The molecule has 0 aliphatic rings. The van der Waals surface area contributed by atoms with Gasteiger partial charge in [0, 0.05) is 5.02 Å². The van der Waals surface area contributed by atoms with E-state index in [-0.39, 0.29) is 17.4 Å². The quantitative estimate of drug-likeness (QED) is 0.328. The highest BCUT2D eigenvalue weighted by Gasteiger charge is 2.29. The lowest BCUT2D eigenvalue weighted by Crippen LogP contribution is -2.32. The number of nitrogens with one attached hydrogen (secondary N) is 1. The van der Waals surface area contributed by atoms with Crippen LogP contribution in [0.3, 0.4) is 0 Å².